The summed E-state index contributed by atoms with van der Waals surface area (Å²) < 4.78 is 1.79. The second kappa shape index (κ2) is 5.93. The zero-order valence-electron chi connectivity index (χ0n) is 10.9. The van der Waals surface area contributed by atoms with Crippen molar-refractivity contribution in [3.05, 3.63) is 40.3 Å². The molecule has 0 aliphatic rings. The molecule has 0 bridgehead atoms. The smallest absolute Gasteiger partial charge is 0.272 e. The number of para-hydroxylation sites is 2. The van der Waals surface area contributed by atoms with Crippen molar-refractivity contribution >= 4 is 28.2 Å². The highest BCUT2D eigenvalue weighted by Gasteiger charge is 2.07. The average Bonchev–Trinajstić information content (AvgIpc) is 2.38. The SMILES string of the molecule is Cc1nc2ccccc2n(CCCCC(N)=S)c1=O. The minimum atomic E-state index is -0.0194. The highest BCUT2D eigenvalue weighted by atomic mass is 32.1. The molecule has 1 aromatic carbocycles. The molecular weight excluding hydrogens is 258 g/mol. The topological polar surface area (TPSA) is 60.9 Å². The summed E-state index contributed by atoms with van der Waals surface area (Å²) in [5.74, 6) is 0. The van der Waals surface area contributed by atoms with E-state index in [4.69, 9.17) is 18.0 Å². The van der Waals surface area contributed by atoms with Crippen LogP contribution in [0.2, 0.25) is 0 Å². The lowest BCUT2D eigenvalue weighted by atomic mass is 10.2. The number of nitrogens with two attached hydrogens (primary N) is 1. The zero-order chi connectivity index (χ0) is 13.8. The predicted molar refractivity (Wildman–Crippen MR) is 81.4 cm³/mol. The number of hydrogen-bond acceptors (Lipinski definition) is 3. The quantitative estimate of drug-likeness (QED) is 0.671. The third-order valence-corrected chi connectivity index (χ3v) is 3.27. The van der Waals surface area contributed by atoms with Crippen LogP contribution in [0.15, 0.2) is 29.1 Å². The van der Waals surface area contributed by atoms with E-state index in [1.807, 2.05) is 24.3 Å². The molecule has 2 rings (SSSR count). The molecule has 0 amide bonds. The summed E-state index contributed by atoms with van der Waals surface area (Å²) in [6, 6.07) is 7.70. The molecule has 0 atom stereocenters. The Morgan fingerprint density at radius 3 is 2.84 bits per heavy atom. The van der Waals surface area contributed by atoms with Crippen LogP contribution in [0, 0.1) is 6.92 Å². The van der Waals surface area contributed by atoms with E-state index in [9.17, 15) is 4.79 Å². The van der Waals surface area contributed by atoms with Crippen LogP contribution in [0.3, 0.4) is 0 Å². The number of fused-ring (bicyclic) bond motifs is 1. The maximum atomic E-state index is 12.2. The van der Waals surface area contributed by atoms with Crippen LogP contribution in [0.25, 0.3) is 11.0 Å². The normalized spacial score (nSPS) is 10.8. The van der Waals surface area contributed by atoms with E-state index in [-0.39, 0.29) is 5.56 Å². The maximum absolute atomic E-state index is 12.2. The highest BCUT2D eigenvalue weighted by Crippen LogP contribution is 2.11. The number of rotatable bonds is 5. The van der Waals surface area contributed by atoms with Gasteiger partial charge < -0.3 is 10.3 Å². The lowest BCUT2D eigenvalue weighted by Crippen LogP contribution is -2.24. The second-order valence-electron chi connectivity index (χ2n) is 4.57. The van der Waals surface area contributed by atoms with Crippen molar-refractivity contribution in [3.63, 3.8) is 0 Å². The van der Waals surface area contributed by atoms with Crippen LogP contribution in [-0.4, -0.2) is 14.5 Å². The third-order valence-electron chi connectivity index (χ3n) is 3.07. The van der Waals surface area contributed by atoms with E-state index in [0.717, 1.165) is 30.3 Å². The number of aryl methyl sites for hydroxylation is 2. The number of benzene rings is 1. The van der Waals surface area contributed by atoms with Crippen LogP contribution in [0.4, 0.5) is 0 Å². The van der Waals surface area contributed by atoms with Crippen LogP contribution in [0.1, 0.15) is 25.0 Å². The molecule has 0 radical (unpaired) electrons. The predicted octanol–water partition coefficient (Wildman–Crippen LogP) is 2.16. The molecule has 5 heteroatoms. The zero-order valence-corrected chi connectivity index (χ0v) is 11.7. The van der Waals surface area contributed by atoms with Crippen molar-refractivity contribution < 1.29 is 0 Å². The maximum Gasteiger partial charge on any atom is 0.272 e. The van der Waals surface area contributed by atoms with Gasteiger partial charge in [0.05, 0.1) is 16.0 Å². The van der Waals surface area contributed by atoms with Crippen molar-refractivity contribution in [1.29, 1.82) is 0 Å². The minimum Gasteiger partial charge on any atom is -0.393 e. The number of nitrogens with zero attached hydrogens (tertiary/aromatic N) is 2. The summed E-state index contributed by atoms with van der Waals surface area (Å²) in [5, 5.41) is 0. The summed E-state index contributed by atoms with van der Waals surface area (Å²) in [7, 11) is 0. The summed E-state index contributed by atoms with van der Waals surface area (Å²) in [5.41, 5.74) is 7.72. The van der Waals surface area contributed by atoms with Gasteiger partial charge in [0, 0.05) is 6.54 Å². The van der Waals surface area contributed by atoms with E-state index in [1.54, 1.807) is 11.5 Å². The first-order valence-electron chi connectivity index (χ1n) is 6.34. The number of aromatic nitrogens is 2. The van der Waals surface area contributed by atoms with Crippen molar-refractivity contribution in [2.75, 3.05) is 0 Å². The van der Waals surface area contributed by atoms with Gasteiger partial charge in [0.25, 0.3) is 5.56 Å². The molecule has 0 aliphatic heterocycles. The lowest BCUT2D eigenvalue weighted by Gasteiger charge is -2.10. The largest absolute Gasteiger partial charge is 0.393 e. The fraction of sp³-hybridized carbons (Fsp3) is 0.357. The van der Waals surface area contributed by atoms with Crippen LogP contribution < -0.4 is 11.3 Å². The van der Waals surface area contributed by atoms with Crippen molar-refractivity contribution in [2.45, 2.75) is 32.7 Å². The average molecular weight is 275 g/mol. The van der Waals surface area contributed by atoms with Crippen molar-refractivity contribution in [1.82, 2.24) is 9.55 Å². The summed E-state index contributed by atoms with van der Waals surface area (Å²) in [6.45, 7) is 2.42. The highest BCUT2D eigenvalue weighted by molar-refractivity contribution is 7.80. The molecule has 0 spiro atoms. The first-order valence-corrected chi connectivity index (χ1v) is 6.75. The van der Waals surface area contributed by atoms with Crippen molar-refractivity contribution in [2.24, 2.45) is 5.73 Å². The monoisotopic (exact) mass is 275 g/mol. The van der Waals surface area contributed by atoms with Crippen LogP contribution >= 0.6 is 12.2 Å². The first kappa shape index (κ1) is 13.7. The van der Waals surface area contributed by atoms with Crippen LogP contribution in [-0.2, 0) is 6.54 Å². The lowest BCUT2D eigenvalue weighted by molar-refractivity contribution is 0.615. The summed E-state index contributed by atoms with van der Waals surface area (Å²) >= 11 is 4.85. The molecule has 1 aromatic heterocycles. The van der Waals surface area contributed by atoms with E-state index in [2.05, 4.69) is 4.98 Å². The Balaban J connectivity index is 2.28. The van der Waals surface area contributed by atoms with Gasteiger partial charge in [-0.3, -0.25) is 4.79 Å². The van der Waals surface area contributed by atoms with Gasteiger partial charge in [-0.05, 0) is 38.3 Å². The van der Waals surface area contributed by atoms with Gasteiger partial charge in [0.1, 0.15) is 5.69 Å². The van der Waals surface area contributed by atoms with E-state index in [0.29, 0.717) is 17.2 Å². The molecule has 0 fully saturated rings. The molecule has 2 N–H and O–H groups in total. The van der Waals surface area contributed by atoms with Gasteiger partial charge in [0.2, 0.25) is 0 Å². The molecule has 0 saturated carbocycles. The minimum absolute atomic E-state index is 0.0194. The van der Waals surface area contributed by atoms with Gasteiger partial charge in [-0.1, -0.05) is 24.4 Å². The molecular formula is C14H17N3OS. The Labute approximate surface area is 117 Å². The fourth-order valence-electron chi connectivity index (χ4n) is 2.11. The van der Waals surface area contributed by atoms with E-state index in [1.165, 1.54) is 0 Å². The van der Waals surface area contributed by atoms with Gasteiger partial charge >= 0.3 is 0 Å². The molecule has 19 heavy (non-hydrogen) atoms. The molecule has 0 aliphatic carbocycles. The van der Waals surface area contributed by atoms with Gasteiger partial charge in [-0.15, -0.1) is 0 Å². The fourth-order valence-corrected chi connectivity index (χ4v) is 2.26. The summed E-state index contributed by atoms with van der Waals surface area (Å²) in [4.78, 5) is 17.0. The molecule has 0 saturated heterocycles. The van der Waals surface area contributed by atoms with Gasteiger partial charge in [-0.25, -0.2) is 4.98 Å². The number of thiocarbonyl (C=S) groups is 1. The first-order chi connectivity index (χ1) is 9.09. The van der Waals surface area contributed by atoms with E-state index < -0.39 is 0 Å². The van der Waals surface area contributed by atoms with Crippen LogP contribution in [0.5, 0.6) is 0 Å². The third kappa shape index (κ3) is 3.17. The van der Waals surface area contributed by atoms with Gasteiger partial charge in [-0.2, -0.15) is 0 Å². The Morgan fingerprint density at radius 2 is 2.11 bits per heavy atom. The standard InChI is InChI=1S/C14H17N3OS/c1-10-14(18)17(9-5-4-8-13(15)19)12-7-3-2-6-11(12)16-10/h2-3,6-7H,4-5,8-9H2,1H3,(H2,15,19). The number of hydrogen-bond donors (Lipinski definition) is 1. The van der Waals surface area contributed by atoms with Gasteiger partial charge in [0.15, 0.2) is 0 Å². The Kier molecular flexibility index (Phi) is 4.27. The molecule has 100 valence electrons. The molecule has 0 unspecified atom stereocenters. The van der Waals surface area contributed by atoms with E-state index >= 15 is 0 Å². The Hall–Kier alpha value is -1.75. The molecule has 1 heterocycles. The summed E-state index contributed by atoms with van der Waals surface area (Å²) in [6.07, 6.45) is 2.51. The number of unbranched alkanes of at least 4 members (excludes halogenated alkanes) is 1. The Bertz CT molecular complexity index is 663. The molecule has 4 nitrogen and oxygen atoms in total. The van der Waals surface area contributed by atoms with Crippen molar-refractivity contribution in [3.8, 4) is 0 Å². The Morgan fingerprint density at radius 1 is 1.37 bits per heavy atom. The second-order valence-corrected chi connectivity index (χ2v) is 5.09. The molecule has 2 aromatic rings.